The Morgan fingerprint density at radius 3 is 1.43 bits per heavy atom. The molecule has 0 bridgehead atoms. The van der Waals surface area contributed by atoms with Gasteiger partial charge in [0.2, 0.25) is 5.91 Å². The number of unbranched alkanes of at least 4 members (excludes halogenated alkanes) is 14. The predicted octanol–water partition coefficient (Wildman–Crippen LogP) is 11.1. The van der Waals surface area contributed by atoms with Crippen LogP contribution in [0.25, 0.3) is 0 Å². The molecule has 0 saturated carbocycles. The zero-order chi connectivity index (χ0) is 33.4. The van der Waals surface area contributed by atoms with Crippen LogP contribution in [0.2, 0.25) is 0 Å². The van der Waals surface area contributed by atoms with Gasteiger partial charge in [-0.3, -0.25) is 9.59 Å². The molecule has 1 aromatic carbocycles. The van der Waals surface area contributed by atoms with E-state index in [0.29, 0.717) is 18.6 Å². The minimum atomic E-state index is -0.863. The maximum Gasteiger partial charge on any atom is 0.303 e. The lowest BCUT2D eigenvalue weighted by atomic mass is 9.75. The fourth-order valence-electron chi connectivity index (χ4n) is 6.32. The number of rotatable bonds is 22. The second-order valence-corrected chi connectivity index (χ2v) is 16.1. The Kier molecular flexibility index (Phi) is 17.7. The Morgan fingerprint density at radius 1 is 0.682 bits per heavy atom. The standard InChI is InChI=1S/C39H69NO4/c1-10-11-12-13-14-15-16-17-18-19-20-21-22-23-24-25-34(41)40-39(8,9)29-31(28-35(42)43)30-26-32(37(2,3)4)36(44)33(27-30)38(5,6)7/h26-27,31,44H,10-25,28-29H2,1-9H3,(H,40,41)(H,42,43). The lowest BCUT2D eigenvalue weighted by molar-refractivity contribution is -0.137. The molecule has 0 fully saturated rings. The number of aromatic hydroxyl groups is 1. The van der Waals surface area contributed by atoms with E-state index in [1.165, 1.54) is 83.5 Å². The van der Waals surface area contributed by atoms with E-state index in [0.717, 1.165) is 29.5 Å². The third kappa shape index (κ3) is 16.3. The number of benzene rings is 1. The van der Waals surface area contributed by atoms with Crippen molar-refractivity contribution in [2.45, 2.75) is 200 Å². The van der Waals surface area contributed by atoms with Crippen LogP contribution in [0.15, 0.2) is 12.1 Å². The molecule has 3 N–H and O–H groups in total. The Balaban J connectivity index is 2.57. The van der Waals surface area contributed by atoms with E-state index in [1.807, 2.05) is 26.0 Å². The second-order valence-electron chi connectivity index (χ2n) is 16.1. The van der Waals surface area contributed by atoms with Gasteiger partial charge in [-0.25, -0.2) is 0 Å². The van der Waals surface area contributed by atoms with Gasteiger partial charge in [0.25, 0.3) is 0 Å². The van der Waals surface area contributed by atoms with Crippen molar-refractivity contribution in [3.8, 4) is 5.75 Å². The number of carbonyl (C=O) groups excluding carboxylic acids is 1. The van der Waals surface area contributed by atoms with E-state index in [-0.39, 0.29) is 29.1 Å². The topological polar surface area (TPSA) is 86.6 Å². The summed E-state index contributed by atoms with van der Waals surface area (Å²) in [6, 6.07) is 3.96. The molecule has 0 radical (unpaired) electrons. The number of carboxylic acid groups (broad SMARTS) is 1. The molecule has 1 atom stereocenters. The van der Waals surface area contributed by atoms with Gasteiger partial charge in [0, 0.05) is 12.0 Å². The van der Waals surface area contributed by atoms with Gasteiger partial charge in [-0.15, -0.1) is 0 Å². The van der Waals surface area contributed by atoms with Crippen LogP contribution in [0.4, 0.5) is 0 Å². The maximum atomic E-state index is 12.9. The van der Waals surface area contributed by atoms with E-state index in [4.69, 9.17) is 0 Å². The zero-order valence-electron chi connectivity index (χ0n) is 30.2. The highest BCUT2D eigenvalue weighted by Gasteiger charge is 2.32. The molecule has 0 aromatic heterocycles. The number of amides is 1. The molecule has 0 aliphatic carbocycles. The Labute approximate surface area is 271 Å². The van der Waals surface area contributed by atoms with Gasteiger partial charge in [-0.2, -0.15) is 0 Å². The molecule has 254 valence electrons. The summed E-state index contributed by atoms with van der Waals surface area (Å²) < 4.78 is 0. The normalized spacial score (nSPS) is 13.2. The van der Waals surface area contributed by atoms with Gasteiger partial charge in [-0.1, -0.05) is 150 Å². The molecule has 0 spiro atoms. The Hall–Kier alpha value is -2.04. The monoisotopic (exact) mass is 616 g/mol. The number of phenolic OH excluding ortho intramolecular Hbond substituents is 1. The molecule has 0 heterocycles. The largest absolute Gasteiger partial charge is 0.507 e. The molecular weight excluding hydrogens is 546 g/mol. The number of aliphatic carboxylic acids is 1. The number of carboxylic acids is 1. The summed E-state index contributed by atoms with van der Waals surface area (Å²) in [5, 5.41) is 24.2. The number of carbonyl (C=O) groups is 2. The number of hydrogen-bond donors (Lipinski definition) is 3. The average Bonchev–Trinajstić information content (AvgIpc) is 2.88. The minimum Gasteiger partial charge on any atom is -0.507 e. The fraction of sp³-hybridized carbons (Fsp3) is 0.795. The van der Waals surface area contributed by atoms with Crippen molar-refractivity contribution in [1.82, 2.24) is 5.32 Å². The highest BCUT2D eigenvalue weighted by molar-refractivity contribution is 5.76. The SMILES string of the molecule is CCCCCCCCCCCCCCCCCC(=O)NC(C)(C)CC(CC(=O)O)c1cc(C(C)(C)C)c(O)c(C(C)(C)C)c1. The summed E-state index contributed by atoms with van der Waals surface area (Å²) in [5.74, 6) is -0.830. The van der Waals surface area contributed by atoms with Crippen molar-refractivity contribution in [2.75, 3.05) is 0 Å². The molecule has 1 aromatic rings. The third-order valence-electron chi connectivity index (χ3n) is 8.88. The van der Waals surface area contributed by atoms with Crippen molar-refractivity contribution in [2.24, 2.45) is 0 Å². The van der Waals surface area contributed by atoms with Gasteiger partial charge in [0.15, 0.2) is 0 Å². The van der Waals surface area contributed by atoms with Crippen molar-refractivity contribution < 1.29 is 19.8 Å². The van der Waals surface area contributed by atoms with Crippen molar-refractivity contribution in [1.29, 1.82) is 0 Å². The summed E-state index contributed by atoms with van der Waals surface area (Å²) in [6.07, 6.45) is 20.4. The van der Waals surface area contributed by atoms with Crippen LogP contribution >= 0.6 is 0 Å². The first-order chi connectivity index (χ1) is 20.5. The highest BCUT2D eigenvalue weighted by atomic mass is 16.4. The quantitative estimate of drug-likeness (QED) is 0.113. The molecule has 5 heteroatoms. The summed E-state index contributed by atoms with van der Waals surface area (Å²) in [4.78, 5) is 24.8. The lowest BCUT2D eigenvalue weighted by Crippen LogP contribution is -2.44. The van der Waals surface area contributed by atoms with Gasteiger partial charge >= 0.3 is 5.97 Å². The van der Waals surface area contributed by atoms with Crippen molar-refractivity contribution in [3.63, 3.8) is 0 Å². The average molecular weight is 616 g/mol. The first-order valence-electron chi connectivity index (χ1n) is 17.9. The molecule has 1 unspecified atom stereocenters. The molecule has 1 rings (SSSR count). The summed E-state index contributed by atoms with van der Waals surface area (Å²) in [5.41, 5.74) is 1.39. The van der Waals surface area contributed by atoms with Crippen LogP contribution in [0, 0.1) is 0 Å². The predicted molar refractivity (Wildman–Crippen MR) is 187 cm³/mol. The highest BCUT2D eigenvalue weighted by Crippen LogP contribution is 2.42. The van der Waals surface area contributed by atoms with Crippen LogP contribution in [0.5, 0.6) is 5.75 Å². The second kappa shape index (κ2) is 19.5. The lowest BCUT2D eigenvalue weighted by Gasteiger charge is -2.33. The van der Waals surface area contributed by atoms with Gasteiger partial charge in [0.05, 0.1) is 6.42 Å². The molecular formula is C39H69NO4. The van der Waals surface area contributed by atoms with Gasteiger partial charge in [-0.05, 0) is 60.1 Å². The molecule has 0 aliphatic heterocycles. The first-order valence-corrected chi connectivity index (χ1v) is 17.9. The van der Waals surface area contributed by atoms with Gasteiger partial charge < -0.3 is 15.5 Å². The summed E-state index contributed by atoms with van der Waals surface area (Å²) >= 11 is 0. The molecule has 5 nitrogen and oxygen atoms in total. The Bertz CT molecular complexity index is 948. The van der Waals surface area contributed by atoms with Crippen LogP contribution in [-0.2, 0) is 20.4 Å². The van der Waals surface area contributed by atoms with E-state index < -0.39 is 11.5 Å². The number of nitrogens with one attached hydrogen (secondary N) is 1. The van der Waals surface area contributed by atoms with Crippen LogP contribution in [0.1, 0.15) is 200 Å². The van der Waals surface area contributed by atoms with Crippen molar-refractivity contribution >= 4 is 11.9 Å². The van der Waals surface area contributed by atoms with E-state index >= 15 is 0 Å². The summed E-state index contributed by atoms with van der Waals surface area (Å²) in [7, 11) is 0. The summed E-state index contributed by atoms with van der Waals surface area (Å²) in [6.45, 7) is 18.6. The fourth-order valence-corrected chi connectivity index (χ4v) is 6.32. The third-order valence-corrected chi connectivity index (χ3v) is 8.88. The first kappa shape index (κ1) is 40.0. The Morgan fingerprint density at radius 2 is 1.07 bits per heavy atom. The van der Waals surface area contributed by atoms with Crippen molar-refractivity contribution in [3.05, 3.63) is 28.8 Å². The molecule has 1 amide bonds. The van der Waals surface area contributed by atoms with E-state index in [9.17, 15) is 19.8 Å². The minimum absolute atomic E-state index is 0.0315. The van der Waals surface area contributed by atoms with E-state index in [2.05, 4.69) is 53.8 Å². The smallest absolute Gasteiger partial charge is 0.303 e. The van der Waals surface area contributed by atoms with Crippen LogP contribution in [-0.4, -0.2) is 27.6 Å². The number of hydrogen-bond acceptors (Lipinski definition) is 3. The molecule has 0 saturated heterocycles. The van der Waals surface area contributed by atoms with E-state index in [1.54, 1.807) is 0 Å². The molecule has 0 aliphatic rings. The van der Waals surface area contributed by atoms with Crippen LogP contribution in [0.3, 0.4) is 0 Å². The number of phenols is 1. The molecule has 44 heavy (non-hydrogen) atoms. The maximum absolute atomic E-state index is 12.9. The van der Waals surface area contributed by atoms with Gasteiger partial charge in [0.1, 0.15) is 5.75 Å². The zero-order valence-corrected chi connectivity index (χ0v) is 30.2. The van der Waals surface area contributed by atoms with Crippen LogP contribution < -0.4 is 5.32 Å².